The first-order valence-electron chi connectivity index (χ1n) is 10.7. The molecule has 0 amide bonds. The van der Waals surface area contributed by atoms with E-state index in [0.29, 0.717) is 17.4 Å². The number of fused-ring (bicyclic) bond motifs is 2. The van der Waals surface area contributed by atoms with Gasteiger partial charge in [0.25, 0.3) is 0 Å². The van der Waals surface area contributed by atoms with E-state index >= 15 is 0 Å². The molecule has 32 heavy (non-hydrogen) atoms. The van der Waals surface area contributed by atoms with Crippen LogP contribution in [-0.4, -0.2) is 25.5 Å². The van der Waals surface area contributed by atoms with Crippen molar-refractivity contribution in [2.45, 2.75) is 37.5 Å². The van der Waals surface area contributed by atoms with Gasteiger partial charge in [-0.15, -0.1) is 0 Å². The van der Waals surface area contributed by atoms with Gasteiger partial charge in [0, 0.05) is 40.0 Å². The molecule has 2 aromatic heterocycles. The van der Waals surface area contributed by atoms with Crippen molar-refractivity contribution in [1.29, 1.82) is 4.78 Å². The molecule has 8 heteroatoms. The van der Waals surface area contributed by atoms with Crippen LogP contribution in [0.25, 0.3) is 22.2 Å². The number of nitrogens with zero attached hydrogens (tertiary/aromatic N) is 4. The summed E-state index contributed by atoms with van der Waals surface area (Å²) in [6.07, 6.45) is 3.29. The van der Waals surface area contributed by atoms with Gasteiger partial charge in [-0.2, -0.15) is 5.10 Å². The number of aromatic nitrogens is 4. The van der Waals surface area contributed by atoms with Crippen LogP contribution in [0.5, 0.6) is 0 Å². The minimum absolute atomic E-state index is 0.251. The van der Waals surface area contributed by atoms with Crippen molar-refractivity contribution in [3.05, 3.63) is 59.7 Å². The molecule has 3 heterocycles. The Morgan fingerprint density at radius 3 is 2.84 bits per heavy atom. The first-order chi connectivity index (χ1) is 15.4. The molecule has 1 aliphatic rings. The Kier molecular flexibility index (Phi) is 5.25. The van der Waals surface area contributed by atoms with Gasteiger partial charge in [0.1, 0.15) is 5.69 Å². The molecule has 5 rings (SSSR count). The Balaban J connectivity index is 1.51. The zero-order chi connectivity index (χ0) is 22.4. The van der Waals surface area contributed by atoms with E-state index in [9.17, 15) is 4.39 Å². The predicted octanol–water partition coefficient (Wildman–Crippen LogP) is 5.72. The summed E-state index contributed by atoms with van der Waals surface area (Å²) >= 11 is 0. The molecule has 1 aliphatic heterocycles. The highest BCUT2D eigenvalue weighted by Crippen LogP contribution is 2.31. The second kappa shape index (κ2) is 8.09. The van der Waals surface area contributed by atoms with Gasteiger partial charge in [0.2, 0.25) is 5.95 Å². The minimum Gasteiger partial charge on any atom is -0.324 e. The number of hydrogen-bond acceptors (Lipinski definition) is 5. The Hall–Kier alpha value is -3.13. The van der Waals surface area contributed by atoms with Crippen molar-refractivity contribution in [2.75, 3.05) is 11.1 Å². The minimum atomic E-state index is -0.488. The first-order valence-corrected chi connectivity index (χ1v) is 12.1. The molecule has 2 N–H and O–H groups in total. The normalized spacial score (nSPS) is 15.8. The zero-order valence-corrected chi connectivity index (χ0v) is 19.1. The molecular formula is C24H25FN6S. The van der Waals surface area contributed by atoms with E-state index in [1.54, 1.807) is 0 Å². The van der Waals surface area contributed by atoms with Crippen LogP contribution in [0.4, 0.5) is 16.0 Å². The number of aryl methyl sites for hydroxylation is 2. The fourth-order valence-electron chi connectivity index (χ4n) is 4.39. The van der Waals surface area contributed by atoms with Gasteiger partial charge in [-0.3, -0.25) is 9.46 Å². The second-order valence-corrected chi connectivity index (χ2v) is 10.1. The van der Waals surface area contributed by atoms with Crippen LogP contribution < -0.4 is 5.32 Å². The molecule has 0 bridgehead atoms. The molecule has 0 saturated carbocycles. The molecule has 0 saturated heterocycles. The highest BCUT2D eigenvalue weighted by atomic mass is 32.2. The van der Waals surface area contributed by atoms with Gasteiger partial charge in [0.05, 0.1) is 11.7 Å². The third-order valence-corrected chi connectivity index (χ3v) is 7.43. The van der Waals surface area contributed by atoms with E-state index in [0.717, 1.165) is 45.8 Å². The lowest BCUT2D eigenvalue weighted by Crippen LogP contribution is -2.09. The zero-order valence-electron chi connectivity index (χ0n) is 18.3. The van der Waals surface area contributed by atoms with Crippen molar-refractivity contribution in [3.63, 3.8) is 0 Å². The van der Waals surface area contributed by atoms with E-state index in [-0.39, 0.29) is 5.69 Å². The van der Waals surface area contributed by atoms with Crippen molar-refractivity contribution in [1.82, 2.24) is 19.7 Å². The van der Waals surface area contributed by atoms with Gasteiger partial charge < -0.3 is 5.32 Å². The smallest absolute Gasteiger partial charge is 0.227 e. The van der Waals surface area contributed by atoms with Gasteiger partial charge in [-0.1, -0.05) is 36.7 Å². The number of hydrogen-bond donors (Lipinski definition) is 2. The van der Waals surface area contributed by atoms with Crippen LogP contribution in [0.2, 0.25) is 0 Å². The molecule has 164 valence electrons. The van der Waals surface area contributed by atoms with Crippen LogP contribution in [0.3, 0.4) is 0 Å². The fourth-order valence-corrected chi connectivity index (χ4v) is 5.80. The summed E-state index contributed by atoms with van der Waals surface area (Å²) in [5, 5.41) is 8.77. The number of anilines is 2. The summed E-state index contributed by atoms with van der Waals surface area (Å²) < 4.78 is 25.0. The summed E-state index contributed by atoms with van der Waals surface area (Å²) in [4.78, 5) is 9.71. The summed E-state index contributed by atoms with van der Waals surface area (Å²) in [6.45, 7) is 4.24. The van der Waals surface area contributed by atoms with E-state index in [1.165, 1.54) is 11.8 Å². The number of nitrogens with one attached hydrogen (secondary N) is 2. The molecule has 2 aromatic carbocycles. The maximum absolute atomic E-state index is 14.7. The standard InChI is InChI=1S/C24H25FN6S/c1-14(2)23-18-11-16(7-9-20(18)30-31(23)3)22-19(25)13-27-24(29-22)28-17-8-6-15-5-4-10-32(26)21(15)12-17/h6-9,11-14,26H,4-5,10H2,1-3H3,(H,27,28,29). The lowest BCUT2D eigenvalue weighted by atomic mass is 10.0. The third kappa shape index (κ3) is 3.68. The summed E-state index contributed by atoms with van der Waals surface area (Å²) in [5.74, 6) is 1.06. The molecular weight excluding hydrogens is 423 g/mol. The third-order valence-electron chi connectivity index (χ3n) is 5.83. The van der Waals surface area contributed by atoms with E-state index in [1.807, 2.05) is 42.1 Å². The van der Waals surface area contributed by atoms with Gasteiger partial charge in [-0.25, -0.2) is 14.4 Å². The molecule has 4 aromatic rings. The van der Waals surface area contributed by atoms with Crippen LogP contribution in [0.1, 0.15) is 37.4 Å². The van der Waals surface area contributed by atoms with Crippen molar-refractivity contribution < 1.29 is 4.39 Å². The summed E-state index contributed by atoms with van der Waals surface area (Å²) in [6, 6.07) is 11.8. The quantitative estimate of drug-likeness (QED) is 0.418. The van der Waals surface area contributed by atoms with Crippen LogP contribution in [-0.2, 0) is 24.2 Å². The molecule has 0 aliphatic carbocycles. The van der Waals surface area contributed by atoms with E-state index < -0.39 is 16.5 Å². The Morgan fingerprint density at radius 2 is 2.03 bits per heavy atom. The molecule has 0 spiro atoms. The van der Waals surface area contributed by atoms with Crippen molar-refractivity contribution in [3.8, 4) is 11.3 Å². The van der Waals surface area contributed by atoms with E-state index in [2.05, 4.69) is 40.3 Å². The van der Waals surface area contributed by atoms with E-state index in [4.69, 9.17) is 4.78 Å². The number of halogens is 1. The van der Waals surface area contributed by atoms with Crippen molar-refractivity contribution >= 4 is 33.2 Å². The molecule has 0 fully saturated rings. The summed E-state index contributed by atoms with van der Waals surface area (Å²) in [7, 11) is 1.45. The van der Waals surface area contributed by atoms with Gasteiger partial charge in [0.15, 0.2) is 5.82 Å². The first kappa shape index (κ1) is 20.8. The second-order valence-electron chi connectivity index (χ2n) is 8.43. The van der Waals surface area contributed by atoms with Crippen LogP contribution in [0.15, 0.2) is 47.5 Å². The maximum atomic E-state index is 14.7. The number of rotatable bonds is 4. The molecule has 1 unspecified atom stereocenters. The monoisotopic (exact) mass is 448 g/mol. The largest absolute Gasteiger partial charge is 0.324 e. The molecule has 0 radical (unpaired) electrons. The van der Waals surface area contributed by atoms with Gasteiger partial charge >= 0.3 is 0 Å². The lowest BCUT2D eigenvalue weighted by Gasteiger charge is -2.18. The highest BCUT2D eigenvalue weighted by Gasteiger charge is 2.17. The lowest BCUT2D eigenvalue weighted by molar-refractivity contribution is 0.619. The summed E-state index contributed by atoms with van der Waals surface area (Å²) in [5.41, 5.74) is 4.99. The topological polar surface area (TPSA) is 79.5 Å². The van der Waals surface area contributed by atoms with Crippen molar-refractivity contribution in [2.24, 2.45) is 7.05 Å². The molecule has 1 atom stereocenters. The van der Waals surface area contributed by atoms with Crippen LogP contribution in [0, 0.1) is 10.6 Å². The van der Waals surface area contributed by atoms with Gasteiger partial charge in [-0.05, 0) is 48.6 Å². The molecule has 6 nitrogen and oxygen atoms in total. The van der Waals surface area contributed by atoms with Crippen LogP contribution >= 0.6 is 0 Å². The SMILES string of the molecule is CC(C)c1c2cc(-c3nc(Nc4ccc5c(c4)S(=N)CCC5)ncc3F)ccc2nn1C. The Morgan fingerprint density at radius 1 is 1.19 bits per heavy atom. The fraction of sp³-hybridized carbons (Fsp3) is 0.292. The highest BCUT2D eigenvalue weighted by molar-refractivity contribution is 7.86. The number of benzene rings is 2. The average Bonchev–Trinajstić information content (AvgIpc) is 3.10. The Labute approximate surface area is 188 Å². The Bertz CT molecular complexity index is 1360. The maximum Gasteiger partial charge on any atom is 0.227 e. The predicted molar refractivity (Wildman–Crippen MR) is 127 cm³/mol. The average molecular weight is 449 g/mol.